The van der Waals surface area contributed by atoms with Gasteiger partial charge in [0.1, 0.15) is 11.6 Å². The molecular weight excluding hydrogens is 258 g/mol. The van der Waals surface area contributed by atoms with E-state index in [1.165, 1.54) is 12.3 Å². The quantitative estimate of drug-likeness (QED) is 0.491. The van der Waals surface area contributed by atoms with Crippen molar-refractivity contribution < 1.29 is 14.8 Å². The number of hydrogen-bond acceptors (Lipinski definition) is 6. The predicted molar refractivity (Wildman–Crippen MR) is 63.2 cm³/mol. The van der Waals surface area contributed by atoms with Gasteiger partial charge in [-0.1, -0.05) is 18.7 Å². The second-order valence-corrected chi connectivity index (χ2v) is 4.83. The summed E-state index contributed by atoms with van der Waals surface area (Å²) >= 11 is 0.972. The molecule has 8 heteroatoms. The van der Waals surface area contributed by atoms with Gasteiger partial charge in [-0.05, 0) is 6.07 Å². The molecule has 0 spiro atoms. The molecule has 18 heavy (non-hydrogen) atoms. The monoisotopic (exact) mass is 267 g/mol. The summed E-state index contributed by atoms with van der Waals surface area (Å²) in [6.45, 7) is 1.63. The minimum Gasteiger partial charge on any atom is -0.481 e. The van der Waals surface area contributed by atoms with E-state index >= 15 is 0 Å². The van der Waals surface area contributed by atoms with Crippen molar-refractivity contribution >= 4 is 23.4 Å². The first kappa shape index (κ1) is 13.9. The first-order valence-electron chi connectivity index (χ1n) is 4.87. The van der Waals surface area contributed by atoms with Gasteiger partial charge in [-0.2, -0.15) is 5.26 Å². The molecular formula is C10H9N3O4S. The Balaban J connectivity index is 3.06. The van der Waals surface area contributed by atoms with E-state index in [4.69, 9.17) is 10.4 Å². The Morgan fingerprint density at radius 3 is 2.94 bits per heavy atom. The summed E-state index contributed by atoms with van der Waals surface area (Å²) in [4.78, 5) is 24.6. The second kappa shape index (κ2) is 5.97. The molecule has 0 aliphatic rings. The summed E-state index contributed by atoms with van der Waals surface area (Å²) < 4.78 is 0. The number of aliphatic carboxylic acids is 1. The highest BCUT2D eigenvalue weighted by Crippen LogP contribution is 2.33. The van der Waals surface area contributed by atoms with Crippen LogP contribution >= 0.6 is 11.8 Å². The van der Waals surface area contributed by atoms with Crippen molar-refractivity contribution in [2.24, 2.45) is 0 Å². The van der Waals surface area contributed by atoms with Gasteiger partial charge in [-0.15, -0.1) is 0 Å². The number of nitro groups is 1. The van der Waals surface area contributed by atoms with E-state index in [0.29, 0.717) is 0 Å². The van der Waals surface area contributed by atoms with Gasteiger partial charge in [-0.3, -0.25) is 14.9 Å². The number of aromatic nitrogens is 1. The normalized spacial score (nSPS) is 11.6. The van der Waals surface area contributed by atoms with Crippen LogP contribution in [0.15, 0.2) is 17.3 Å². The van der Waals surface area contributed by atoms with Crippen LogP contribution in [0.2, 0.25) is 0 Å². The van der Waals surface area contributed by atoms with Gasteiger partial charge in [0.2, 0.25) is 0 Å². The number of carbonyl (C=O) groups is 1. The summed E-state index contributed by atoms with van der Waals surface area (Å²) in [5.74, 6) is -0.992. The highest BCUT2D eigenvalue weighted by molar-refractivity contribution is 8.00. The number of hydrogen-bond donors (Lipinski definition) is 1. The average molecular weight is 267 g/mol. The third-order valence-corrected chi connectivity index (χ3v) is 3.06. The Morgan fingerprint density at radius 2 is 2.44 bits per heavy atom. The molecule has 0 bridgehead atoms. The van der Waals surface area contributed by atoms with Gasteiger partial charge in [0.15, 0.2) is 5.03 Å². The molecule has 7 nitrogen and oxygen atoms in total. The summed E-state index contributed by atoms with van der Waals surface area (Å²) in [6.07, 6.45) is 1.15. The maximum absolute atomic E-state index is 10.9. The molecule has 0 amide bonds. The molecule has 0 fully saturated rings. The van der Waals surface area contributed by atoms with E-state index in [9.17, 15) is 14.9 Å². The van der Waals surface area contributed by atoms with E-state index in [1.54, 1.807) is 13.0 Å². The number of thioether (sulfide) groups is 1. The predicted octanol–water partition coefficient (Wildman–Crippen LogP) is 1.82. The largest absolute Gasteiger partial charge is 0.481 e. The van der Waals surface area contributed by atoms with Crippen LogP contribution in [0.1, 0.15) is 18.9 Å². The topological polar surface area (TPSA) is 117 Å². The zero-order chi connectivity index (χ0) is 13.7. The molecule has 1 rings (SSSR count). The Kier molecular flexibility index (Phi) is 4.62. The number of carboxylic acids is 1. The van der Waals surface area contributed by atoms with E-state index in [0.717, 1.165) is 11.8 Å². The number of pyridine rings is 1. The first-order valence-corrected chi connectivity index (χ1v) is 5.75. The van der Waals surface area contributed by atoms with Crippen LogP contribution in [-0.4, -0.2) is 26.2 Å². The van der Waals surface area contributed by atoms with E-state index < -0.39 is 10.9 Å². The maximum Gasteiger partial charge on any atom is 0.318 e. The molecule has 0 saturated carbocycles. The standard InChI is InChI=1S/C10H9N3O4S/c1-6(4-8(14)15)18-10-9(13(16)17)7(5-11)2-3-12-10/h2-3,6H,4H2,1H3,(H,14,15). The van der Waals surface area contributed by atoms with Crippen LogP contribution < -0.4 is 0 Å². The Hall–Kier alpha value is -2.14. The lowest BCUT2D eigenvalue weighted by atomic mass is 10.2. The molecule has 1 heterocycles. The van der Waals surface area contributed by atoms with Crippen molar-refractivity contribution in [3.8, 4) is 6.07 Å². The third kappa shape index (κ3) is 3.43. The number of nitrogens with zero attached hydrogens (tertiary/aromatic N) is 3. The van der Waals surface area contributed by atoms with Crippen LogP contribution in [0, 0.1) is 21.4 Å². The van der Waals surface area contributed by atoms with Crippen LogP contribution in [0.3, 0.4) is 0 Å². The molecule has 1 unspecified atom stereocenters. The summed E-state index contributed by atoms with van der Waals surface area (Å²) in [5, 5.41) is 28.0. The summed E-state index contributed by atoms with van der Waals surface area (Å²) in [7, 11) is 0. The Bertz CT molecular complexity index is 526. The lowest BCUT2D eigenvalue weighted by Gasteiger charge is -2.08. The zero-order valence-electron chi connectivity index (χ0n) is 9.36. The van der Waals surface area contributed by atoms with Crippen molar-refractivity contribution in [1.29, 1.82) is 5.26 Å². The molecule has 1 atom stereocenters. The minimum absolute atomic E-state index is 0.0628. The summed E-state index contributed by atoms with van der Waals surface area (Å²) in [5.41, 5.74) is -0.456. The summed E-state index contributed by atoms with van der Waals surface area (Å²) in [6, 6.07) is 2.97. The van der Waals surface area contributed by atoms with E-state index in [1.807, 2.05) is 0 Å². The average Bonchev–Trinajstić information content (AvgIpc) is 2.26. The molecule has 0 saturated heterocycles. The fourth-order valence-corrected chi connectivity index (χ4v) is 2.29. The van der Waals surface area contributed by atoms with Gasteiger partial charge in [0.05, 0.1) is 11.3 Å². The van der Waals surface area contributed by atoms with E-state index in [-0.39, 0.29) is 27.9 Å². The van der Waals surface area contributed by atoms with Gasteiger partial charge in [0, 0.05) is 11.4 Å². The van der Waals surface area contributed by atoms with Crippen molar-refractivity contribution in [2.45, 2.75) is 23.6 Å². The molecule has 0 aliphatic carbocycles. The van der Waals surface area contributed by atoms with Gasteiger partial charge in [0.25, 0.3) is 0 Å². The molecule has 1 aromatic rings. The third-order valence-electron chi connectivity index (χ3n) is 1.97. The Labute approximate surface area is 107 Å². The Morgan fingerprint density at radius 1 is 1.78 bits per heavy atom. The molecule has 1 aromatic heterocycles. The molecule has 0 aliphatic heterocycles. The molecule has 0 radical (unpaired) electrons. The second-order valence-electron chi connectivity index (χ2n) is 3.41. The SMILES string of the molecule is CC(CC(=O)O)Sc1nccc(C#N)c1[N+](=O)[O-]. The van der Waals surface area contributed by atoms with Crippen LogP contribution in [0.25, 0.3) is 0 Å². The molecule has 1 N–H and O–H groups in total. The zero-order valence-corrected chi connectivity index (χ0v) is 10.2. The smallest absolute Gasteiger partial charge is 0.318 e. The van der Waals surface area contributed by atoms with E-state index in [2.05, 4.69) is 4.98 Å². The molecule has 0 aromatic carbocycles. The highest BCUT2D eigenvalue weighted by atomic mass is 32.2. The van der Waals surface area contributed by atoms with Gasteiger partial charge >= 0.3 is 11.7 Å². The molecule has 94 valence electrons. The number of nitriles is 1. The van der Waals surface area contributed by atoms with Crippen LogP contribution in [0.4, 0.5) is 5.69 Å². The minimum atomic E-state index is -0.992. The first-order chi connectivity index (χ1) is 8.45. The number of rotatable bonds is 5. The van der Waals surface area contributed by atoms with Crippen LogP contribution in [-0.2, 0) is 4.79 Å². The lowest BCUT2D eigenvalue weighted by Crippen LogP contribution is -2.07. The van der Waals surface area contributed by atoms with Crippen molar-refractivity contribution in [3.63, 3.8) is 0 Å². The van der Waals surface area contributed by atoms with Crippen LogP contribution in [0.5, 0.6) is 0 Å². The number of carboxylic acid groups (broad SMARTS) is 1. The lowest BCUT2D eigenvalue weighted by molar-refractivity contribution is -0.388. The van der Waals surface area contributed by atoms with Gasteiger partial charge in [-0.25, -0.2) is 4.98 Å². The van der Waals surface area contributed by atoms with Crippen molar-refractivity contribution in [2.75, 3.05) is 0 Å². The highest BCUT2D eigenvalue weighted by Gasteiger charge is 2.23. The fraction of sp³-hybridized carbons (Fsp3) is 0.300. The fourth-order valence-electron chi connectivity index (χ4n) is 1.27. The maximum atomic E-state index is 10.9. The van der Waals surface area contributed by atoms with Crippen molar-refractivity contribution in [3.05, 3.63) is 27.9 Å². The van der Waals surface area contributed by atoms with Gasteiger partial charge < -0.3 is 5.11 Å². The van der Waals surface area contributed by atoms with Crippen molar-refractivity contribution in [1.82, 2.24) is 4.98 Å².